The lowest BCUT2D eigenvalue weighted by Crippen LogP contribution is -2.13. The Kier molecular flexibility index (Phi) is 3.95. The van der Waals surface area contributed by atoms with Gasteiger partial charge in [-0.1, -0.05) is 18.2 Å². The molecular weight excluding hydrogens is 304 g/mol. The summed E-state index contributed by atoms with van der Waals surface area (Å²) in [5.41, 5.74) is 1.38. The highest BCUT2D eigenvalue weighted by Crippen LogP contribution is 2.36. The van der Waals surface area contributed by atoms with Gasteiger partial charge in [-0.25, -0.2) is 8.42 Å². The SMILES string of the molecule is CS(=O)(=O)c1ccc(OCC2Cc3ccccc3S2)cc1. The molecule has 0 aliphatic carbocycles. The Morgan fingerprint density at radius 2 is 1.86 bits per heavy atom. The molecule has 0 saturated heterocycles. The molecule has 1 unspecified atom stereocenters. The molecule has 0 radical (unpaired) electrons. The summed E-state index contributed by atoms with van der Waals surface area (Å²) >= 11 is 1.84. The van der Waals surface area contributed by atoms with Crippen molar-refractivity contribution in [2.45, 2.75) is 21.5 Å². The molecule has 0 aromatic heterocycles. The van der Waals surface area contributed by atoms with Crippen molar-refractivity contribution in [3.63, 3.8) is 0 Å². The highest BCUT2D eigenvalue weighted by Gasteiger charge is 2.22. The van der Waals surface area contributed by atoms with Crippen molar-refractivity contribution in [2.24, 2.45) is 0 Å². The Bertz CT molecular complexity index is 711. The van der Waals surface area contributed by atoms with Gasteiger partial charge in [-0.05, 0) is 42.3 Å². The molecule has 0 spiro atoms. The first-order valence-electron chi connectivity index (χ1n) is 6.70. The average Bonchev–Trinajstić information content (AvgIpc) is 2.87. The van der Waals surface area contributed by atoms with Gasteiger partial charge in [0.25, 0.3) is 0 Å². The maximum atomic E-state index is 11.4. The van der Waals surface area contributed by atoms with Crippen LogP contribution in [0.15, 0.2) is 58.3 Å². The fourth-order valence-electron chi connectivity index (χ4n) is 2.32. The predicted octanol–water partition coefficient (Wildman–Crippen LogP) is 3.19. The lowest BCUT2D eigenvalue weighted by atomic mass is 10.1. The van der Waals surface area contributed by atoms with Crippen LogP contribution in [0.5, 0.6) is 5.75 Å². The van der Waals surface area contributed by atoms with Crippen LogP contribution in [0.1, 0.15) is 5.56 Å². The minimum absolute atomic E-state index is 0.317. The van der Waals surface area contributed by atoms with Gasteiger partial charge in [0.2, 0.25) is 0 Å². The van der Waals surface area contributed by atoms with E-state index in [-0.39, 0.29) is 0 Å². The normalized spacial score (nSPS) is 17.5. The molecule has 3 rings (SSSR count). The summed E-state index contributed by atoms with van der Waals surface area (Å²) in [6.07, 6.45) is 2.22. The summed E-state index contributed by atoms with van der Waals surface area (Å²) in [5, 5.41) is 0.414. The van der Waals surface area contributed by atoms with Crippen LogP contribution in [0.3, 0.4) is 0 Å². The molecule has 0 N–H and O–H groups in total. The van der Waals surface area contributed by atoms with E-state index in [9.17, 15) is 8.42 Å². The quantitative estimate of drug-likeness (QED) is 0.868. The molecule has 110 valence electrons. The lowest BCUT2D eigenvalue weighted by Gasteiger charge is -2.11. The summed E-state index contributed by atoms with van der Waals surface area (Å²) in [6.45, 7) is 0.623. The second kappa shape index (κ2) is 5.73. The largest absolute Gasteiger partial charge is 0.492 e. The van der Waals surface area contributed by atoms with Gasteiger partial charge in [0.05, 0.1) is 4.90 Å². The Hall–Kier alpha value is -1.46. The molecule has 0 fully saturated rings. The summed E-state index contributed by atoms with van der Waals surface area (Å²) in [5.74, 6) is 0.707. The second-order valence-electron chi connectivity index (χ2n) is 5.11. The first kappa shape index (κ1) is 14.5. The van der Waals surface area contributed by atoms with Gasteiger partial charge in [0.1, 0.15) is 12.4 Å². The van der Waals surface area contributed by atoms with Crippen LogP contribution >= 0.6 is 11.8 Å². The fourth-order valence-corrected chi connectivity index (χ4v) is 4.17. The van der Waals surface area contributed by atoms with Gasteiger partial charge in [0.15, 0.2) is 9.84 Å². The van der Waals surface area contributed by atoms with Crippen molar-refractivity contribution in [3.05, 3.63) is 54.1 Å². The molecular formula is C16H16O3S2. The maximum absolute atomic E-state index is 11.4. The molecule has 1 aliphatic heterocycles. The Morgan fingerprint density at radius 1 is 1.14 bits per heavy atom. The van der Waals surface area contributed by atoms with Crippen molar-refractivity contribution in [3.8, 4) is 5.75 Å². The molecule has 1 atom stereocenters. The minimum atomic E-state index is -3.15. The van der Waals surface area contributed by atoms with Gasteiger partial charge >= 0.3 is 0 Å². The first-order chi connectivity index (χ1) is 10.0. The lowest BCUT2D eigenvalue weighted by molar-refractivity contribution is 0.317. The number of fused-ring (bicyclic) bond motifs is 1. The molecule has 1 aliphatic rings. The zero-order chi connectivity index (χ0) is 14.9. The number of hydrogen-bond acceptors (Lipinski definition) is 4. The van der Waals surface area contributed by atoms with Gasteiger partial charge in [-0.2, -0.15) is 0 Å². The molecule has 1 heterocycles. The van der Waals surface area contributed by atoms with E-state index < -0.39 is 9.84 Å². The predicted molar refractivity (Wildman–Crippen MR) is 84.8 cm³/mol. The molecule has 5 heteroatoms. The number of rotatable bonds is 4. The van der Waals surface area contributed by atoms with E-state index in [1.807, 2.05) is 11.8 Å². The van der Waals surface area contributed by atoms with Crippen molar-refractivity contribution in [1.82, 2.24) is 0 Å². The van der Waals surface area contributed by atoms with Crippen LogP contribution in [0.25, 0.3) is 0 Å². The number of sulfone groups is 1. The summed E-state index contributed by atoms with van der Waals surface area (Å²) in [7, 11) is -3.15. The molecule has 0 bridgehead atoms. The third-order valence-electron chi connectivity index (χ3n) is 3.40. The Morgan fingerprint density at radius 3 is 2.52 bits per heavy atom. The zero-order valence-corrected chi connectivity index (χ0v) is 13.3. The van der Waals surface area contributed by atoms with Crippen molar-refractivity contribution < 1.29 is 13.2 Å². The van der Waals surface area contributed by atoms with E-state index in [2.05, 4.69) is 24.3 Å². The Labute approximate surface area is 129 Å². The van der Waals surface area contributed by atoms with E-state index in [4.69, 9.17) is 4.74 Å². The molecule has 3 nitrogen and oxygen atoms in total. The van der Waals surface area contributed by atoms with Crippen molar-refractivity contribution >= 4 is 21.6 Å². The zero-order valence-electron chi connectivity index (χ0n) is 11.7. The minimum Gasteiger partial charge on any atom is -0.492 e. The smallest absolute Gasteiger partial charge is 0.175 e. The third-order valence-corrected chi connectivity index (χ3v) is 5.82. The van der Waals surface area contributed by atoms with E-state index in [0.29, 0.717) is 22.5 Å². The number of hydrogen-bond donors (Lipinski definition) is 0. The van der Waals surface area contributed by atoms with Gasteiger partial charge < -0.3 is 4.74 Å². The van der Waals surface area contributed by atoms with Crippen LogP contribution < -0.4 is 4.74 Å². The molecule has 21 heavy (non-hydrogen) atoms. The first-order valence-corrected chi connectivity index (χ1v) is 9.47. The number of thioether (sulfide) groups is 1. The highest BCUT2D eigenvalue weighted by atomic mass is 32.2. The van der Waals surface area contributed by atoms with Gasteiger partial charge in [0, 0.05) is 16.4 Å². The monoisotopic (exact) mass is 320 g/mol. The van der Waals surface area contributed by atoms with E-state index in [1.165, 1.54) is 16.7 Å². The standard InChI is InChI=1S/C16H16O3S2/c1-21(17,18)15-8-6-13(7-9-15)19-11-14-10-12-4-2-3-5-16(12)20-14/h2-9,14H,10-11H2,1H3. The molecule has 2 aromatic carbocycles. The number of benzene rings is 2. The van der Waals surface area contributed by atoms with Crippen LogP contribution in [0.4, 0.5) is 0 Å². The number of ether oxygens (including phenoxy) is 1. The maximum Gasteiger partial charge on any atom is 0.175 e. The summed E-state index contributed by atoms with van der Waals surface area (Å²) in [6, 6.07) is 15.0. The average molecular weight is 320 g/mol. The van der Waals surface area contributed by atoms with Crippen molar-refractivity contribution in [1.29, 1.82) is 0 Å². The third kappa shape index (κ3) is 3.41. The molecule has 2 aromatic rings. The fraction of sp³-hybridized carbons (Fsp3) is 0.250. The second-order valence-corrected chi connectivity index (χ2v) is 8.46. The van der Waals surface area contributed by atoms with Gasteiger partial charge in [-0.15, -0.1) is 11.8 Å². The van der Waals surface area contributed by atoms with Crippen molar-refractivity contribution in [2.75, 3.05) is 12.9 Å². The van der Waals surface area contributed by atoms with E-state index in [0.717, 1.165) is 6.42 Å². The summed E-state index contributed by atoms with van der Waals surface area (Å²) in [4.78, 5) is 1.65. The topological polar surface area (TPSA) is 43.4 Å². The van der Waals surface area contributed by atoms with Crippen LogP contribution in [-0.4, -0.2) is 26.5 Å². The molecule has 0 saturated carbocycles. The molecule has 0 amide bonds. The van der Waals surface area contributed by atoms with Crippen LogP contribution in [0, 0.1) is 0 Å². The van der Waals surface area contributed by atoms with Gasteiger partial charge in [-0.3, -0.25) is 0 Å². The summed E-state index contributed by atoms with van der Waals surface area (Å²) < 4.78 is 28.6. The van der Waals surface area contributed by atoms with E-state index in [1.54, 1.807) is 24.3 Å². The van der Waals surface area contributed by atoms with Crippen LogP contribution in [0.2, 0.25) is 0 Å². The Balaban J connectivity index is 1.60. The van der Waals surface area contributed by atoms with Crippen LogP contribution in [-0.2, 0) is 16.3 Å². The van der Waals surface area contributed by atoms with E-state index >= 15 is 0 Å². The highest BCUT2D eigenvalue weighted by molar-refractivity contribution is 8.00.